The summed E-state index contributed by atoms with van der Waals surface area (Å²) in [6, 6.07) is 4.97. The van der Waals surface area contributed by atoms with Crippen molar-refractivity contribution in [3.63, 3.8) is 0 Å². The third-order valence-corrected chi connectivity index (χ3v) is 5.29. The average Bonchev–Trinajstić information content (AvgIpc) is 2.46. The first-order valence-corrected chi connectivity index (χ1v) is 8.62. The van der Waals surface area contributed by atoms with Crippen LogP contribution in [-0.2, 0) is 6.42 Å². The molecule has 2 heterocycles. The predicted molar refractivity (Wildman–Crippen MR) is 93.2 cm³/mol. The molecule has 0 saturated carbocycles. The lowest BCUT2D eigenvalue weighted by Gasteiger charge is -2.49. The van der Waals surface area contributed by atoms with E-state index < -0.39 is 0 Å². The Balaban J connectivity index is 1.85. The smallest absolute Gasteiger partial charge is 0.160 e. The Kier molecular flexibility index (Phi) is 4.32. The summed E-state index contributed by atoms with van der Waals surface area (Å²) in [7, 11) is 3.87. The van der Waals surface area contributed by atoms with Gasteiger partial charge >= 0.3 is 0 Å². The van der Waals surface area contributed by atoms with E-state index in [0.29, 0.717) is 23.2 Å². The van der Waals surface area contributed by atoms with Crippen molar-refractivity contribution < 1.29 is 9.84 Å². The second-order valence-electron chi connectivity index (χ2n) is 8.34. The number of aromatic hydroxyl groups is 1. The Morgan fingerprint density at radius 1 is 1.26 bits per heavy atom. The second-order valence-corrected chi connectivity index (χ2v) is 8.34. The maximum absolute atomic E-state index is 10.0. The van der Waals surface area contributed by atoms with Crippen molar-refractivity contribution in [3.8, 4) is 11.5 Å². The fourth-order valence-electron chi connectivity index (χ4n) is 4.13. The van der Waals surface area contributed by atoms with Crippen molar-refractivity contribution in [1.82, 2.24) is 9.80 Å². The van der Waals surface area contributed by atoms with Gasteiger partial charge in [-0.25, -0.2) is 0 Å². The van der Waals surface area contributed by atoms with Crippen molar-refractivity contribution in [3.05, 3.63) is 23.3 Å². The van der Waals surface area contributed by atoms with Crippen LogP contribution in [0.3, 0.4) is 0 Å². The van der Waals surface area contributed by atoms with Crippen LogP contribution in [0.25, 0.3) is 0 Å². The molecule has 3 rings (SSSR count). The lowest BCUT2D eigenvalue weighted by atomic mass is 9.84. The monoisotopic (exact) mass is 318 g/mol. The maximum atomic E-state index is 10.0. The summed E-state index contributed by atoms with van der Waals surface area (Å²) in [4.78, 5) is 5.13. The van der Waals surface area contributed by atoms with E-state index in [0.717, 1.165) is 26.1 Å². The van der Waals surface area contributed by atoms with Gasteiger partial charge in [0.2, 0.25) is 0 Å². The van der Waals surface area contributed by atoms with Crippen LogP contribution in [0.5, 0.6) is 11.5 Å². The highest BCUT2D eigenvalue weighted by Crippen LogP contribution is 2.40. The number of likely N-dealkylation sites (N-methyl/N-ethyl adjacent to an activating group) is 1. The third kappa shape index (κ3) is 3.33. The van der Waals surface area contributed by atoms with E-state index in [1.807, 2.05) is 12.1 Å². The molecule has 128 valence electrons. The zero-order valence-electron chi connectivity index (χ0n) is 15.1. The fourth-order valence-corrected chi connectivity index (χ4v) is 4.13. The molecule has 0 radical (unpaired) electrons. The average molecular weight is 318 g/mol. The largest absolute Gasteiger partial charge is 0.504 e. The molecule has 0 aromatic heterocycles. The van der Waals surface area contributed by atoms with Gasteiger partial charge in [-0.2, -0.15) is 0 Å². The van der Waals surface area contributed by atoms with E-state index >= 15 is 0 Å². The van der Waals surface area contributed by atoms with E-state index in [1.165, 1.54) is 17.5 Å². The van der Waals surface area contributed by atoms with Crippen molar-refractivity contribution in [2.45, 2.75) is 45.7 Å². The highest BCUT2D eigenvalue weighted by molar-refractivity contribution is 5.49. The van der Waals surface area contributed by atoms with Crippen LogP contribution in [0.1, 0.15) is 44.4 Å². The van der Waals surface area contributed by atoms with Crippen LogP contribution < -0.4 is 4.74 Å². The lowest BCUT2D eigenvalue weighted by Crippen LogP contribution is -2.55. The standard InChI is InChI=1S/C19H30N2O2/c1-19(2,3)10-14-11-21-7-6-13-8-17(22)18(23-5)9-15(13)16(21)12-20(14)4/h8-9,14,16,22H,6-7,10-12H2,1-5H3/t14-,16?/m1/s1. The minimum atomic E-state index is 0.259. The zero-order valence-corrected chi connectivity index (χ0v) is 15.1. The summed E-state index contributed by atoms with van der Waals surface area (Å²) in [5.74, 6) is 0.847. The summed E-state index contributed by atoms with van der Waals surface area (Å²) in [5.41, 5.74) is 2.95. The molecule has 0 amide bonds. The normalized spacial score (nSPS) is 25.8. The van der Waals surface area contributed by atoms with Crippen molar-refractivity contribution >= 4 is 0 Å². The van der Waals surface area contributed by atoms with Crippen LogP contribution in [-0.4, -0.2) is 54.7 Å². The number of benzene rings is 1. The van der Waals surface area contributed by atoms with Gasteiger partial charge in [0.05, 0.1) is 7.11 Å². The quantitative estimate of drug-likeness (QED) is 0.909. The molecule has 4 nitrogen and oxygen atoms in total. The summed E-state index contributed by atoms with van der Waals surface area (Å²) >= 11 is 0. The Bertz CT molecular complexity index is 579. The first kappa shape index (κ1) is 16.6. The van der Waals surface area contributed by atoms with Gasteiger partial charge in [-0.15, -0.1) is 0 Å². The minimum Gasteiger partial charge on any atom is -0.504 e. The number of nitrogens with zero attached hydrogens (tertiary/aromatic N) is 2. The minimum absolute atomic E-state index is 0.259. The Morgan fingerprint density at radius 2 is 2.00 bits per heavy atom. The molecule has 2 aliphatic heterocycles. The number of methoxy groups -OCH3 is 1. The summed E-state index contributed by atoms with van der Waals surface area (Å²) in [5, 5.41) is 10.0. The Hall–Kier alpha value is -1.26. The Labute approximate surface area is 140 Å². The molecule has 0 spiro atoms. The number of hydrogen-bond acceptors (Lipinski definition) is 4. The topological polar surface area (TPSA) is 35.9 Å². The molecular formula is C19H30N2O2. The van der Waals surface area contributed by atoms with Crippen molar-refractivity contribution in [1.29, 1.82) is 0 Å². The summed E-state index contributed by atoms with van der Waals surface area (Å²) < 4.78 is 5.32. The van der Waals surface area contributed by atoms with Gasteiger partial charge < -0.3 is 14.7 Å². The van der Waals surface area contributed by atoms with Gasteiger partial charge in [0.1, 0.15) is 0 Å². The third-order valence-electron chi connectivity index (χ3n) is 5.29. The van der Waals surface area contributed by atoms with Crippen LogP contribution in [0.15, 0.2) is 12.1 Å². The molecule has 4 heteroatoms. The van der Waals surface area contributed by atoms with Crippen molar-refractivity contribution in [2.24, 2.45) is 5.41 Å². The molecular weight excluding hydrogens is 288 g/mol. The van der Waals surface area contributed by atoms with Gasteiger partial charge in [-0.05, 0) is 48.6 Å². The van der Waals surface area contributed by atoms with E-state index in [9.17, 15) is 5.11 Å². The highest BCUT2D eigenvalue weighted by Gasteiger charge is 2.37. The second kappa shape index (κ2) is 5.99. The fraction of sp³-hybridized carbons (Fsp3) is 0.684. The van der Waals surface area contributed by atoms with Gasteiger partial charge in [-0.1, -0.05) is 20.8 Å². The molecule has 1 saturated heterocycles. The molecule has 23 heavy (non-hydrogen) atoms. The molecule has 1 N–H and O–H groups in total. The zero-order chi connectivity index (χ0) is 16.8. The number of fused-ring (bicyclic) bond motifs is 3. The number of rotatable bonds is 2. The van der Waals surface area contributed by atoms with E-state index in [1.54, 1.807) is 7.11 Å². The van der Waals surface area contributed by atoms with Gasteiger partial charge in [0.15, 0.2) is 11.5 Å². The molecule has 2 atom stereocenters. The first-order valence-electron chi connectivity index (χ1n) is 8.62. The highest BCUT2D eigenvalue weighted by atomic mass is 16.5. The number of phenolic OH excluding ortho intramolecular Hbond substituents is 1. The van der Waals surface area contributed by atoms with E-state index in [2.05, 4.69) is 37.6 Å². The lowest BCUT2D eigenvalue weighted by molar-refractivity contribution is 0.0213. The van der Waals surface area contributed by atoms with Crippen LogP contribution in [0.2, 0.25) is 0 Å². The molecule has 0 bridgehead atoms. The van der Waals surface area contributed by atoms with Gasteiger partial charge in [-0.3, -0.25) is 4.90 Å². The van der Waals surface area contributed by atoms with E-state index in [4.69, 9.17) is 4.74 Å². The van der Waals surface area contributed by atoms with Crippen LogP contribution in [0, 0.1) is 5.41 Å². The van der Waals surface area contributed by atoms with Gasteiger partial charge in [0, 0.05) is 31.7 Å². The van der Waals surface area contributed by atoms with Crippen LogP contribution >= 0.6 is 0 Å². The SMILES string of the molecule is COc1cc2c(cc1O)CCN1C[C@@H](CC(C)(C)C)N(C)CC21. The molecule has 1 unspecified atom stereocenters. The van der Waals surface area contributed by atoms with Gasteiger partial charge in [0.25, 0.3) is 0 Å². The Morgan fingerprint density at radius 3 is 2.65 bits per heavy atom. The number of piperazine rings is 1. The molecule has 1 fully saturated rings. The van der Waals surface area contributed by atoms with E-state index in [-0.39, 0.29) is 5.75 Å². The number of hydrogen-bond donors (Lipinski definition) is 1. The molecule has 2 aliphatic rings. The molecule has 0 aliphatic carbocycles. The maximum Gasteiger partial charge on any atom is 0.160 e. The first-order chi connectivity index (χ1) is 10.8. The molecule has 1 aromatic rings. The summed E-state index contributed by atoms with van der Waals surface area (Å²) in [6.07, 6.45) is 2.23. The summed E-state index contributed by atoms with van der Waals surface area (Å²) in [6.45, 7) is 10.2. The number of ether oxygens (including phenoxy) is 1. The predicted octanol–water partition coefficient (Wildman–Crippen LogP) is 3.05. The van der Waals surface area contributed by atoms with Crippen molar-refractivity contribution in [2.75, 3.05) is 33.8 Å². The number of phenols is 1. The van der Waals surface area contributed by atoms with Crippen LogP contribution in [0.4, 0.5) is 0 Å². The molecule has 1 aromatic carbocycles.